The molecule has 0 atom stereocenters. The summed E-state index contributed by atoms with van der Waals surface area (Å²) in [6, 6.07) is 17.2. The molecule has 34 heavy (non-hydrogen) atoms. The van der Waals surface area contributed by atoms with Crippen LogP contribution in [0.25, 0.3) is 17.0 Å². The Morgan fingerprint density at radius 2 is 1.85 bits per heavy atom. The number of fused-ring (bicyclic) bond motifs is 1. The van der Waals surface area contributed by atoms with Crippen LogP contribution in [0.5, 0.6) is 5.75 Å². The summed E-state index contributed by atoms with van der Waals surface area (Å²) in [7, 11) is 0. The van der Waals surface area contributed by atoms with Crippen LogP contribution in [0.3, 0.4) is 0 Å². The Hall–Kier alpha value is -3.76. The van der Waals surface area contributed by atoms with Crippen LogP contribution in [0.1, 0.15) is 18.4 Å². The number of nitrogens with two attached hydrogens (primary N) is 1. The van der Waals surface area contributed by atoms with Gasteiger partial charge >= 0.3 is 0 Å². The minimum atomic E-state index is -0.338. The topological polar surface area (TPSA) is 101 Å². The molecule has 0 aliphatic carbocycles. The lowest BCUT2D eigenvalue weighted by molar-refractivity contribution is -0.131. The number of amides is 2. The molecule has 174 valence electrons. The van der Waals surface area contributed by atoms with Gasteiger partial charge in [0.15, 0.2) is 0 Å². The second-order valence-corrected chi connectivity index (χ2v) is 8.62. The molecule has 0 unspecified atom stereocenters. The van der Waals surface area contributed by atoms with Crippen molar-refractivity contribution in [3.05, 3.63) is 70.9 Å². The maximum Gasteiger partial charge on any atom is 0.264 e. The maximum atomic E-state index is 13.0. The molecule has 2 heterocycles. The number of ether oxygens (including phenoxy) is 1. The molecular weight excluding hydrogens is 452 g/mol. The first-order valence-corrected chi connectivity index (χ1v) is 11.5. The molecule has 2 aromatic carbocycles. The van der Waals surface area contributed by atoms with Gasteiger partial charge in [-0.2, -0.15) is 5.26 Å². The summed E-state index contributed by atoms with van der Waals surface area (Å²) in [5, 5.41) is 11.2. The van der Waals surface area contributed by atoms with E-state index in [0.29, 0.717) is 49.9 Å². The fourth-order valence-electron chi connectivity index (χ4n) is 4.23. The standard InChI is InChI=1S/C26H25ClN4O3/c27-22-6-2-4-8-24(22)34-14-13-31-17-20(21-5-1-3-7-23(21)31)15-19(16-28)26(33)30-11-9-18(10-12-30)25(29)32/h1-8,15,17-18H,9-14H2,(H2,29,32)/b19-15-. The van der Waals surface area contributed by atoms with Gasteiger partial charge in [0.05, 0.1) is 11.6 Å². The van der Waals surface area contributed by atoms with Gasteiger partial charge < -0.3 is 19.9 Å². The van der Waals surface area contributed by atoms with Gasteiger partial charge in [0, 0.05) is 41.7 Å². The first-order valence-electron chi connectivity index (χ1n) is 11.1. The lowest BCUT2D eigenvalue weighted by Gasteiger charge is -2.30. The first-order chi connectivity index (χ1) is 16.5. The van der Waals surface area contributed by atoms with Crippen molar-refractivity contribution in [2.75, 3.05) is 19.7 Å². The summed E-state index contributed by atoms with van der Waals surface area (Å²) < 4.78 is 7.87. The van der Waals surface area contributed by atoms with Crippen LogP contribution in [0.15, 0.2) is 60.3 Å². The van der Waals surface area contributed by atoms with E-state index in [2.05, 4.69) is 6.07 Å². The first kappa shape index (κ1) is 23.4. The Labute approximate surface area is 203 Å². The number of primary amides is 1. The number of benzene rings is 2. The number of piperidine rings is 1. The Morgan fingerprint density at radius 3 is 2.56 bits per heavy atom. The van der Waals surface area contributed by atoms with Gasteiger partial charge in [0.2, 0.25) is 5.91 Å². The van der Waals surface area contributed by atoms with Gasteiger partial charge in [-0.05, 0) is 37.1 Å². The third-order valence-electron chi connectivity index (χ3n) is 6.08. The lowest BCUT2D eigenvalue weighted by Crippen LogP contribution is -2.42. The fraction of sp³-hybridized carbons (Fsp3) is 0.269. The molecule has 1 saturated heterocycles. The molecule has 0 radical (unpaired) electrons. The van der Waals surface area contributed by atoms with Crippen molar-refractivity contribution in [3.8, 4) is 11.8 Å². The number of halogens is 1. The molecule has 4 rings (SSSR count). The van der Waals surface area contributed by atoms with Gasteiger partial charge in [-0.1, -0.05) is 41.9 Å². The van der Waals surface area contributed by atoms with Crippen LogP contribution < -0.4 is 10.5 Å². The van der Waals surface area contributed by atoms with Crippen molar-refractivity contribution in [3.63, 3.8) is 0 Å². The summed E-state index contributed by atoms with van der Waals surface area (Å²) in [5.74, 6) is -0.262. The van der Waals surface area contributed by atoms with Crippen molar-refractivity contribution in [1.29, 1.82) is 5.26 Å². The van der Waals surface area contributed by atoms with E-state index >= 15 is 0 Å². The van der Waals surface area contributed by atoms with Gasteiger partial charge in [0.25, 0.3) is 5.91 Å². The van der Waals surface area contributed by atoms with Crippen LogP contribution in [0.2, 0.25) is 5.02 Å². The van der Waals surface area contributed by atoms with E-state index in [1.807, 2.05) is 53.2 Å². The fourth-order valence-corrected chi connectivity index (χ4v) is 4.42. The number of hydrogen-bond acceptors (Lipinski definition) is 4. The zero-order chi connectivity index (χ0) is 24.1. The van der Waals surface area contributed by atoms with Crippen LogP contribution in [-0.4, -0.2) is 41.0 Å². The van der Waals surface area contributed by atoms with Crippen LogP contribution in [0.4, 0.5) is 0 Å². The number of rotatable bonds is 7. The number of aromatic nitrogens is 1. The van der Waals surface area contributed by atoms with E-state index in [4.69, 9.17) is 22.1 Å². The van der Waals surface area contributed by atoms with Crippen molar-refractivity contribution >= 4 is 40.4 Å². The summed E-state index contributed by atoms with van der Waals surface area (Å²) in [6.07, 6.45) is 4.59. The highest BCUT2D eigenvalue weighted by atomic mass is 35.5. The molecule has 0 saturated carbocycles. The molecule has 1 fully saturated rings. The molecule has 0 spiro atoms. The number of hydrogen-bond donors (Lipinski definition) is 1. The van der Waals surface area contributed by atoms with Gasteiger partial charge in [0.1, 0.15) is 24.0 Å². The molecule has 8 heteroatoms. The normalized spacial score (nSPS) is 14.7. The van der Waals surface area contributed by atoms with Gasteiger partial charge in [-0.25, -0.2) is 0 Å². The minimum Gasteiger partial charge on any atom is -0.490 e. The monoisotopic (exact) mass is 476 g/mol. The zero-order valence-corrected chi connectivity index (χ0v) is 19.4. The molecule has 2 N–H and O–H groups in total. The Balaban J connectivity index is 1.53. The van der Waals surface area contributed by atoms with Crippen molar-refractivity contribution in [2.24, 2.45) is 11.7 Å². The van der Waals surface area contributed by atoms with Crippen molar-refractivity contribution in [2.45, 2.75) is 19.4 Å². The second-order valence-electron chi connectivity index (χ2n) is 8.21. The summed E-state index contributed by atoms with van der Waals surface area (Å²) >= 11 is 6.17. The largest absolute Gasteiger partial charge is 0.490 e. The van der Waals surface area contributed by atoms with Gasteiger partial charge in [-0.3, -0.25) is 9.59 Å². The van der Waals surface area contributed by atoms with E-state index < -0.39 is 0 Å². The van der Waals surface area contributed by atoms with E-state index in [9.17, 15) is 14.9 Å². The predicted octanol–water partition coefficient (Wildman–Crippen LogP) is 4.00. The highest BCUT2D eigenvalue weighted by Crippen LogP contribution is 2.26. The number of para-hydroxylation sites is 2. The minimum absolute atomic E-state index is 0.0627. The zero-order valence-electron chi connectivity index (χ0n) is 18.6. The third kappa shape index (κ3) is 5.08. The van der Waals surface area contributed by atoms with Crippen molar-refractivity contribution in [1.82, 2.24) is 9.47 Å². The highest BCUT2D eigenvalue weighted by molar-refractivity contribution is 6.32. The Bertz CT molecular complexity index is 1280. The van der Waals surface area contributed by atoms with Crippen LogP contribution in [0, 0.1) is 17.2 Å². The quantitative estimate of drug-likeness (QED) is 0.411. The molecule has 1 aliphatic rings. The third-order valence-corrected chi connectivity index (χ3v) is 6.39. The molecule has 3 aromatic rings. The van der Waals surface area contributed by atoms with E-state index in [1.165, 1.54) is 0 Å². The van der Waals surface area contributed by atoms with E-state index in [-0.39, 0.29) is 23.3 Å². The molecule has 7 nitrogen and oxygen atoms in total. The Kier molecular flexibility index (Phi) is 7.19. The number of nitrogens with zero attached hydrogens (tertiary/aromatic N) is 3. The molecular formula is C26H25ClN4O3. The molecule has 1 aliphatic heterocycles. The van der Waals surface area contributed by atoms with Crippen LogP contribution in [-0.2, 0) is 16.1 Å². The summed E-state index contributed by atoms with van der Waals surface area (Å²) in [5.41, 5.74) is 7.20. The lowest BCUT2D eigenvalue weighted by atomic mass is 9.96. The number of likely N-dealkylation sites (tertiary alicyclic amines) is 1. The average Bonchev–Trinajstić information content (AvgIpc) is 3.20. The average molecular weight is 477 g/mol. The second kappa shape index (κ2) is 10.4. The van der Waals surface area contributed by atoms with Crippen molar-refractivity contribution < 1.29 is 14.3 Å². The summed E-state index contributed by atoms with van der Waals surface area (Å²) in [6.45, 7) is 1.79. The van der Waals surface area contributed by atoms with E-state index in [1.54, 1.807) is 17.0 Å². The highest BCUT2D eigenvalue weighted by Gasteiger charge is 2.27. The molecule has 2 amide bonds. The smallest absolute Gasteiger partial charge is 0.264 e. The SMILES string of the molecule is N#C/C(=C/c1cn(CCOc2ccccc2Cl)c2ccccc12)C(=O)N1CCC(C(N)=O)CC1. The number of carbonyl (C=O) groups excluding carboxylic acids is 2. The number of nitriles is 1. The molecule has 0 bridgehead atoms. The van der Waals surface area contributed by atoms with Gasteiger partial charge in [-0.15, -0.1) is 0 Å². The van der Waals surface area contributed by atoms with Crippen LogP contribution >= 0.6 is 11.6 Å². The summed E-state index contributed by atoms with van der Waals surface area (Å²) in [4.78, 5) is 26.0. The maximum absolute atomic E-state index is 13.0. The molecule has 1 aromatic heterocycles. The Morgan fingerprint density at radius 1 is 1.15 bits per heavy atom. The van der Waals surface area contributed by atoms with E-state index in [0.717, 1.165) is 16.5 Å². The predicted molar refractivity (Wildman–Crippen MR) is 131 cm³/mol. The number of carbonyl (C=O) groups is 2.